The third kappa shape index (κ3) is 1.32. The monoisotopic (exact) mass is 174 g/mol. The summed E-state index contributed by atoms with van der Waals surface area (Å²) in [4.78, 5) is 13.3. The standard InChI is InChI=1S/C9H6N2O2/c10-4-3-6-1-2-8-7(5-6)11-9(12)13-8/h1-2,5H,3H2,(H,11,12). The topological polar surface area (TPSA) is 69.8 Å². The summed E-state index contributed by atoms with van der Waals surface area (Å²) in [6, 6.07) is 7.22. The van der Waals surface area contributed by atoms with Gasteiger partial charge in [0.2, 0.25) is 0 Å². The number of aromatic nitrogens is 1. The van der Waals surface area contributed by atoms with E-state index in [1.54, 1.807) is 18.2 Å². The fraction of sp³-hybridized carbons (Fsp3) is 0.111. The lowest BCUT2D eigenvalue weighted by Gasteiger charge is -1.91. The molecule has 0 bridgehead atoms. The van der Waals surface area contributed by atoms with Crippen molar-refractivity contribution < 1.29 is 4.42 Å². The van der Waals surface area contributed by atoms with Crippen LogP contribution >= 0.6 is 0 Å². The van der Waals surface area contributed by atoms with Gasteiger partial charge in [-0.15, -0.1) is 0 Å². The van der Waals surface area contributed by atoms with Gasteiger partial charge in [-0.05, 0) is 17.7 Å². The quantitative estimate of drug-likeness (QED) is 0.705. The van der Waals surface area contributed by atoms with Gasteiger partial charge in [-0.1, -0.05) is 6.07 Å². The lowest BCUT2D eigenvalue weighted by molar-refractivity contribution is 0.555. The Morgan fingerprint density at radius 3 is 3.15 bits per heavy atom. The number of nitrogens with one attached hydrogen (secondary N) is 1. The van der Waals surface area contributed by atoms with Crippen LogP contribution in [0.5, 0.6) is 0 Å². The predicted octanol–water partition coefficient (Wildman–Crippen LogP) is 1.19. The zero-order valence-electron chi connectivity index (χ0n) is 6.70. The van der Waals surface area contributed by atoms with E-state index in [0.717, 1.165) is 5.56 Å². The second-order valence-corrected chi connectivity index (χ2v) is 2.68. The molecule has 2 rings (SSSR count). The third-order valence-corrected chi connectivity index (χ3v) is 1.77. The van der Waals surface area contributed by atoms with Crippen LogP contribution in [-0.2, 0) is 6.42 Å². The summed E-state index contributed by atoms with van der Waals surface area (Å²) in [5.41, 5.74) is 2.02. The minimum Gasteiger partial charge on any atom is -0.408 e. The van der Waals surface area contributed by atoms with Crippen LogP contribution in [0.2, 0.25) is 0 Å². The van der Waals surface area contributed by atoms with E-state index in [1.165, 1.54) is 0 Å². The molecule has 13 heavy (non-hydrogen) atoms. The highest BCUT2D eigenvalue weighted by molar-refractivity contribution is 5.72. The Bertz CT molecular complexity index is 530. The van der Waals surface area contributed by atoms with Gasteiger partial charge in [0.15, 0.2) is 5.58 Å². The Morgan fingerprint density at radius 1 is 1.54 bits per heavy atom. The van der Waals surface area contributed by atoms with Gasteiger partial charge in [0.05, 0.1) is 18.0 Å². The average Bonchev–Trinajstić information content (AvgIpc) is 2.44. The Morgan fingerprint density at radius 2 is 2.38 bits per heavy atom. The molecule has 0 radical (unpaired) electrons. The average molecular weight is 174 g/mol. The van der Waals surface area contributed by atoms with E-state index >= 15 is 0 Å². The van der Waals surface area contributed by atoms with E-state index in [1.807, 2.05) is 6.07 Å². The molecule has 0 aliphatic heterocycles. The van der Waals surface area contributed by atoms with Crippen LogP contribution < -0.4 is 5.76 Å². The van der Waals surface area contributed by atoms with Crippen LogP contribution in [0.25, 0.3) is 11.1 Å². The molecule has 0 aliphatic rings. The maximum Gasteiger partial charge on any atom is 0.417 e. The van der Waals surface area contributed by atoms with E-state index in [9.17, 15) is 4.79 Å². The number of hydrogen-bond donors (Lipinski definition) is 1. The van der Waals surface area contributed by atoms with Gasteiger partial charge in [-0.2, -0.15) is 5.26 Å². The number of benzene rings is 1. The van der Waals surface area contributed by atoms with Crippen molar-refractivity contribution in [1.82, 2.24) is 4.98 Å². The number of rotatable bonds is 1. The molecule has 2 aromatic rings. The van der Waals surface area contributed by atoms with Crippen LogP contribution in [0.4, 0.5) is 0 Å². The highest BCUT2D eigenvalue weighted by Crippen LogP contribution is 2.12. The summed E-state index contributed by atoms with van der Waals surface area (Å²) in [6.45, 7) is 0. The maximum atomic E-state index is 10.8. The minimum atomic E-state index is -0.468. The Hall–Kier alpha value is -2.02. The molecule has 0 aliphatic carbocycles. The zero-order valence-corrected chi connectivity index (χ0v) is 6.70. The van der Waals surface area contributed by atoms with Crippen LogP contribution in [-0.4, -0.2) is 4.98 Å². The van der Waals surface area contributed by atoms with Crippen molar-refractivity contribution in [2.24, 2.45) is 0 Å². The molecule has 1 aromatic heterocycles. The van der Waals surface area contributed by atoms with E-state index in [2.05, 4.69) is 4.98 Å². The molecule has 1 N–H and O–H groups in total. The van der Waals surface area contributed by atoms with Crippen LogP contribution in [0.3, 0.4) is 0 Å². The molecule has 0 fully saturated rings. The maximum absolute atomic E-state index is 10.8. The summed E-state index contributed by atoms with van der Waals surface area (Å²) in [5.74, 6) is -0.468. The molecule has 0 spiro atoms. The molecule has 64 valence electrons. The van der Waals surface area contributed by atoms with Gasteiger partial charge in [0.1, 0.15) is 0 Å². The smallest absolute Gasteiger partial charge is 0.408 e. The highest BCUT2D eigenvalue weighted by atomic mass is 16.4. The molecule has 0 unspecified atom stereocenters. The molecular formula is C9H6N2O2. The lowest BCUT2D eigenvalue weighted by Crippen LogP contribution is -1.93. The first-order valence-corrected chi connectivity index (χ1v) is 3.78. The van der Waals surface area contributed by atoms with Crippen molar-refractivity contribution in [1.29, 1.82) is 5.26 Å². The fourth-order valence-electron chi connectivity index (χ4n) is 1.20. The number of oxazole rings is 1. The Balaban J connectivity index is 2.62. The highest BCUT2D eigenvalue weighted by Gasteiger charge is 2.00. The molecule has 4 heteroatoms. The molecule has 4 nitrogen and oxygen atoms in total. The molecule has 1 heterocycles. The largest absolute Gasteiger partial charge is 0.417 e. The van der Waals surface area contributed by atoms with Crippen molar-refractivity contribution in [3.63, 3.8) is 0 Å². The van der Waals surface area contributed by atoms with Gasteiger partial charge < -0.3 is 4.42 Å². The SMILES string of the molecule is N#CCc1ccc2oc(=O)[nH]c2c1. The third-order valence-electron chi connectivity index (χ3n) is 1.77. The summed E-state index contributed by atoms with van der Waals surface area (Å²) in [6.07, 6.45) is 0.336. The summed E-state index contributed by atoms with van der Waals surface area (Å²) in [7, 11) is 0. The zero-order chi connectivity index (χ0) is 9.26. The predicted molar refractivity (Wildman–Crippen MR) is 46.2 cm³/mol. The summed E-state index contributed by atoms with van der Waals surface area (Å²) < 4.78 is 4.81. The number of nitriles is 1. The van der Waals surface area contributed by atoms with Crippen molar-refractivity contribution in [3.05, 3.63) is 34.3 Å². The molecule has 0 atom stereocenters. The van der Waals surface area contributed by atoms with Crippen LogP contribution in [0.1, 0.15) is 5.56 Å². The van der Waals surface area contributed by atoms with E-state index in [-0.39, 0.29) is 0 Å². The molecule has 0 amide bonds. The van der Waals surface area contributed by atoms with Crippen molar-refractivity contribution >= 4 is 11.1 Å². The van der Waals surface area contributed by atoms with E-state index in [0.29, 0.717) is 17.5 Å². The molecular weight excluding hydrogens is 168 g/mol. The van der Waals surface area contributed by atoms with Crippen molar-refractivity contribution in [2.75, 3.05) is 0 Å². The van der Waals surface area contributed by atoms with Crippen molar-refractivity contribution in [3.8, 4) is 6.07 Å². The molecule has 0 saturated carbocycles. The second kappa shape index (κ2) is 2.79. The summed E-state index contributed by atoms with van der Waals surface area (Å²) in [5, 5.41) is 8.45. The van der Waals surface area contributed by atoms with Gasteiger partial charge >= 0.3 is 5.76 Å². The number of hydrogen-bond acceptors (Lipinski definition) is 3. The Labute approximate surface area is 73.4 Å². The van der Waals surface area contributed by atoms with Gasteiger partial charge in [0, 0.05) is 0 Å². The first kappa shape index (κ1) is 7.62. The number of H-pyrrole nitrogens is 1. The lowest BCUT2D eigenvalue weighted by atomic mass is 10.1. The van der Waals surface area contributed by atoms with Crippen LogP contribution in [0.15, 0.2) is 27.4 Å². The summed E-state index contributed by atoms with van der Waals surface area (Å²) >= 11 is 0. The fourth-order valence-corrected chi connectivity index (χ4v) is 1.20. The van der Waals surface area contributed by atoms with Gasteiger partial charge in [-0.3, -0.25) is 4.98 Å². The Kier molecular flexibility index (Phi) is 1.64. The van der Waals surface area contributed by atoms with Gasteiger partial charge in [0.25, 0.3) is 0 Å². The first-order valence-electron chi connectivity index (χ1n) is 3.78. The normalized spacial score (nSPS) is 10.1. The first-order chi connectivity index (χ1) is 6.29. The molecule has 0 saturated heterocycles. The van der Waals surface area contributed by atoms with Gasteiger partial charge in [-0.25, -0.2) is 4.79 Å². The number of fused-ring (bicyclic) bond motifs is 1. The van der Waals surface area contributed by atoms with E-state index < -0.39 is 5.76 Å². The van der Waals surface area contributed by atoms with E-state index in [4.69, 9.17) is 9.68 Å². The number of aromatic amines is 1. The number of nitrogens with zero attached hydrogens (tertiary/aromatic N) is 1. The molecule has 1 aromatic carbocycles. The van der Waals surface area contributed by atoms with Crippen molar-refractivity contribution in [2.45, 2.75) is 6.42 Å². The van der Waals surface area contributed by atoms with Crippen LogP contribution in [0, 0.1) is 11.3 Å². The minimum absolute atomic E-state index is 0.336. The second-order valence-electron chi connectivity index (χ2n) is 2.68.